The highest BCUT2D eigenvalue weighted by Crippen LogP contribution is 2.34. The molecule has 1 aromatic heterocycles. The molecule has 2 aromatic rings. The van der Waals surface area contributed by atoms with Gasteiger partial charge in [0.05, 0.1) is 21.1 Å². The van der Waals surface area contributed by atoms with Crippen LogP contribution in [0.25, 0.3) is 11.0 Å². The number of benzene rings is 1. The zero-order chi connectivity index (χ0) is 14.3. The van der Waals surface area contributed by atoms with Gasteiger partial charge in [-0.3, -0.25) is 0 Å². The van der Waals surface area contributed by atoms with Crippen LogP contribution >= 0.6 is 35.4 Å². The van der Waals surface area contributed by atoms with Crippen molar-refractivity contribution in [3.05, 3.63) is 26.9 Å². The number of ether oxygens (including phenoxy) is 1. The zero-order valence-electron chi connectivity index (χ0n) is 11.2. The Morgan fingerprint density at radius 1 is 1.30 bits per heavy atom. The summed E-state index contributed by atoms with van der Waals surface area (Å²) >= 11 is 17.6. The van der Waals surface area contributed by atoms with Crippen molar-refractivity contribution in [2.24, 2.45) is 5.41 Å². The number of rotatable bonds is 2. The average Bonchev–Trinajstić information content (AvgIpc) is 2.67. The van der Waals surface area contributed by atoms with E-state index in [-0.39, 0.29) is 5.41 Å². The molecule has 0 bridgehead atoms. The predicted octanol–water partition coefficient (Wildman–Crippen LogP) is 4.82. The van der Waals surface area contributed by atoms with Gasteiger partial charge < -0.3 is 14.3 Å². The van der Waals surface area contributed by atoms with Crippen molar-refractivity contribution in [3.8, 4) is 0 Å². The highest BCUT2D eigenvalue weighted by Gasteiger charge is 2.28. The third kappa shape index (κ3) is 2.62. The second-order valence-electron chi connectivity index (χ2n) is 5.72. The van der Waals surface area contributed by atoms with E-state index >= 15 is 0 Å². The standard InChI is InChI=1S/C14H16Cl2N2OS/c1-14(2-4-19-5-3-14)8-18-12-7-10(16)9(15)6-11(12)17-13(18)20/h6-7H,2-5,8H2,1H3,(H,17,20). The van der Waals surface area contributed by atoms with Gasteiger partial charge in [0.2, 0.25) is 0 Å². The molecule has 0 atom stereocenters. The van der Waals surface area contributed by atoms with Crippen LogP contribution in [0.2, 0.25) is 10.0 Å². The lowest BCUT2D eigenvalue weighted by atomic mass is 9.82. The van der Waals surface area contributed by atoms with Crippen LogP contribution in [-0.2, 0) is 11.3 Å². The molecule has 0 amide bonds. The van der Waals surface area contributed by atoms with Crippen LogP contribution in [0.15, 0.2) is 12.1 Å². The Hall–Kier alpha value is -0.550. The fourth-order valence-electron chi connectivity index (χ4n) is 2.71. The minimum absolute atomic E-state index is 0.206. The highest BCUT2D eigenvalue weighted by molar-refractivity contribution is 7.71. The first kappa shape index (κ1) is 14.4. The second kappa shape index (κ2) is 5.34. The van der Waals surface area contributed by atoms with Crippen LogP contribution in [0.1, 0.15) is 19.8 Å². The fourth-order valence-corrected chi connectivity index (χ4v) is 3.31. The summed E-state index contributed by atoms with van der Waals surface area (Å²) in [5.41, 5.74) is 2.15. The molecule has 108 valence electrons. The van der Waals surface area contributed by atoms with Gasteiger partial charge >= 0.3 is 0 Å². The van der Waals surface area contributed by atoms with Crippen molar-refractivity contribution in [2.75, 3.05) is 13.2 Å². The van der Waals surface area contributed by atoms with Crippen LogP contribution in [0.4, 0.5) is 0 Å². The van der Waals surface area contributed by atoms with Gasteiger partial charge in [-0.1, -0.05) is 30.1 Å². The first-order chi connectivity index (χ1) is 9.48. The van der Waals surface area contributed by atoms with Crippen LogP contribution < -0.4 is 0 Å². The van der Waals surface area contributed by atoms with Crippen LogP contribution in [0.5, 0.6) is 0 Å². The number of aromatic nitrogens is 2. The lowest BCUT2D eigenvalue weighted by Gasteiger charge is -2.33. The minimum atomic E-state index is 0.206. The van der Waals surface area contributed by atoms with Gasteiger partial charge in [0.25, 0.3) is 0 Å². The summed E-state index contributed by atoms with van der Waals surface area (Å²) in [6.07, 6.45) is 2.09. The third-order valence-corrected chi connectivity index (χ3v) is 5.10. The molecule has 0 spiro atoms. The Morgan fingerprint density at radius 2 is 1.95 bits per heavy atom. The molecule has 3 nitrogen and oxygen atoms in total. The Balaban J connectivity index is 2.04. The third-order valence-electron chi connectivity index (χ3n) is 4.06. The summed E-state index contributed by atoms with van der Waals surface area (Å²) in [6.45, 7) is 4.79. The molecule has 1 fully saturated rings. The summed E-state index contributed by atoms with van der Waals surface area (Å²) < 4.78 is 8.29. The number of imidazole rings is 1. The molecule has 1 saturated heterocycles. The molecule has 1 aliphatic heterocycles. The molecular formula is C14H16Cl2N2OS. The Labute approximate surface area is 132 Å². The van der Waals surface area contributed by atoms with E-state index in [4.69, 9.17) is 40.2 Å². The molecule has 3 rings (SSSR count). The Kier molecular flexibility index (Phi) is 3.84. The first-order valence-corrected chi connectivity index (χ1v) is 7.80. The maximum atomic E-state index is 6.13. The summed E-state index contributed by atoms with van der Waals surface area (Å²) in [5.74, 6) is 0. The van der Waals surface area contributed by atoms with Gasteiger partial charge in [-0.2, -0.15) is 0 Å². The van der Waals surface area contributed by atoms with E-state index in [2.05, 4.69) is 16.5 Å². The minimum Gasteiger partial charge on any atom is -0.381 e. The van der Waals surface area contributed by atoms with Crippen LogP contribution in [-0.4, -0.2) is 22.8 Å². The highest BCUT2D eigenvalue weighted by atomic mass is 35.5. The van der Waals surface area contributed by atoms with E-state index in [9.17, 15) is 0 Å². The number of aromatic amines is 1. The number of fused-ring (bicyclic) bond motifs is 1. The van der Waals surface area contributed by atoms with Crippen LogP contribution in [0.3, 0.4) is 0 Å². The summed E-state index contributed by atoms with van der Waals surface area (Å²) in [6, 6.07) is 3.71. The first-order valence-electron chi connectivity index (χ1n) is 6.64. The van der Waals surface area contributed by atoms with Crippen molar-refractivity contribution in [1.29, 1.82) is 0 Å². The monoisotopic (exact) mass is 330 g/mol. The SMILES string of the molecule is CC1(Cn2c(=S)[nH]c3cc(Cl)c(Cl)cc32)CCOCC1. The maximum Gasteiger partial charge on any atom is 0.178 e. The van der Waals surface area contributed by atoms with Crippen molar-refractivity contribution in [1.82, 2.24) is 9.55 Å². The Bertz CT molecular complexity index is 701. The normalized spacial score (nSPS) is 18.6. The molecular weight excluding hydrogens is 315 g/mol. The Morgan fingerprint density at radius 3 is 2.65 bits per heavy atom. The van der Waals surface area contributed by atoms with Gasteiger partial charge in [0.15, 0.2) is 4.77 Å². The quantitative estimate of drug-likeness (QED) is 0.800. The molecule has 0 aliphatic carbocycles. The number of H-pyrrole nitrogens is 1. The van der Waals surface area contributed by atoms with Gasteiger partial charge in [0.1, 0.15) is 0 Å². The second-order valence-corrected chi connectivity index (χ2v) is 6.92. The fraction of sp³-hybridized carbons (Fsp3) is 0.500. The topological polar surface area (TPSA) is 29.9 Å². The van der Waals surface area contributed by atoms with E-state index in [1.165, 1.54) is 0 Å². The van der Waals surface area contributed by atoms with Crippen molar-refractivity contribution in [2.45, 2.75) is 26.3 Å². The van der Waals surface area contributed by atoms with Crippen molar-refractivity contribution in [3.63, 3.8) is 0 Å². The van der Waals surface area contributed by atoms with Gasteiger partial charge in [0, 0.05) is 19.8 Å². The lowest BCUT2D eigenvalue weighted by Crippen LogP contribution is -2.31. The largest absolute Gasteiger partial charge is 0.381 e. The molecule has 0 saturated carbocycles. The van der Waals surface area contributed by atoms with Crippen LogP contribution in [0, 0.1) is 10.2 Å². The average molecular weight is 331 g/mol. The van der Waals surface area contributed by atoms with E-state index < -0.39 is 0 Å². The van der Waals surface area contributed by atoms with E-state index in [0.29, 0.717) is 14.8 Å². The number of hydrogen-bond acceptors (Lipinski definition) is 2. The van der Waals surface area contributed by atoms with E-state index in [1.54, 1.807) is 0 Å². The molecule has 6 heteroatoms. The predicted molar refractivity (Wildman–Crippen MR) is 85.3 cm³/mol. The van der Waals surface area contributed by atoms with Crippen molar-refractivity contribution < 1.29 is 4.74 Å². The van der Waals surface area contributed by atoms with Gasteiger partial charge in [-0.15, -0.1) is 0 Å². The summed E-state index contributed by atoms with van der Waals surface area (Å²) in [5, 5.41) is 1.10. The number of nitrogens with zero attached hydrogens (tertiary/aromatic N) is 1. The molecule has 20 heavy (non-hydrogen) atoms. The number of nitrogens with one attached hydrogen (secondary N) is 1. The van der Waals surface area contributed by atoms with E-state index in [0.717, 1.165) is 43.6 Å². The smallest absolute Gasteiger partial charge is 0.178 e. The molecule has 1 aromatic carbocycles. The van der Waals surface area contributed by atoms with Crippen molar-refractivity contribution >= 4 is 46.5 Å². The molecule has 2 heterocycles. The number of hydrogen-bond donors (Lipinski definition) is 1. The van der Waals surface area contributed by atoms with Gasteiger partial charge in [-0.05, 0) is 42.6 Å². The number of halogens is 2. The summed E-state index contributed by atoms with van der Waals surface area (Å²) in [7, 11) is 0. The molecule has 0 radical (unpaired) electrons. The molecule has 1 aliphatic rings. The lowest BCUT2D eigenvalue weighted by molar-refractivity contribution is 0.0159. The van der Waals surface area contributed by atoms with Gasteiger partial charge in [-0.25, -0.2) is 0 Å². The summed E-state index contributed by atoms with van der Waals surface area (Å²) in [4.78, 5) is 3.21. The molecule has 0 unspecified atom stereocenters. The zero-order valence-corrected chi connectivity index (χ0v) is 13.5. The maximum absolute atomic E-state index is 6.13. The molecule has 1 N–H and O–H groups in total. The van der Waals surface area contributed by atoms with E-state index in [1.807, 2.05) is 12.1 Å².